The van der Waals surface area contributed by atoms with Gasteiger partial charge in [-0.15, -0.1) is 0 Å². The van der Waals surface area contributed by atoms with Crippen LogP contribution in [0, 0.1) is 0 Å². The lowest BCUT2D eigenvalue weighted by Gasteiger charge is -2.13. The summed E-state index contributed by atoms with van der Waals surface area (Å²) in [4.78, 5) is 5.55. The third-order valence-corrected chi connectivity index (χ3v) is 4.15. The summed E-state index contributed by atoms with van der Waals surface area (Å²) in [6.45, 7) is 5.45. The van der Waals surface area contributed by atoms with E-state index >= 15 is 0 Å². The van der Waals surface area contributed by atoms with E-state index in [0.717, 1.165) is 18.1 Å². The van der Waals surface area contributed by atoms with Gasteiger partial charge in [-0.2, -0.15) is 0 Å². The molecule has 0 amide bonds. The van der Waals surface area contributed by atoms with Gasteiger partial charge in [0, 0.05) is 30.4 Å². The molecule has 1 aromatic carbocycles. The molecule has 0 spiro atoms. The van der Waals surface area contributed by atoms with E-state index in [4.69, 9.17) is 0 Å². The van der Waals surface area contributed by atoms with E-state index in [1.54, 1.807) is 11.8 Å². The maximum absolute atomic E-state index is 4.32. The third kappa shape index (κ3) is 3.85. The summed E-state index contributed by atoms with van der Waals surface area (Å²) in [6.07, 6.45) is 4.96. The number of nitrogens with one attached hydrogen (secondary N) is 1. The normalized spacial score (nSPS) is 12.6. The van der Waals surface area contributed by atoms with Crippen molar-refractivity contribution in [1.29, 1.82) is 0 Å². The molecule has 1 atom stereocenters. The van der Waals surface area contributed by atoms with Gasteiger partial charge < -0.3 is 9.88 Å². The minimum atomic E-state index is 0.409. The molecule has 0 bridgehead atoms. The molecule has 1 unspecified atom stereocenters. The van der Waals surface area contributed by atoms with Gasteiger partial charge in [-0.05, 0) is 37.6 Å². The number of benzene rings is 1. The molecule has 19 heavy (non-hydrogen) atoms. The first-order chi connectivity index (χ1) is 9.20. The first-order valence-corrected chi connectivity index (χ1v) is 7.51. The number of rotatable bonds is 6. The lowest BCUT2D eigenvalue weighted by atomic mass is 10.1. The van der Waals surface area contributed by atoms with E-state index in [0.29, 0.717) is 6.04 Å². The van der Waals surface area contributed by atoms with Crippen LogP contribution in [0.5, 0.6) is 0 Å². The van der Waals surface area contributed by atoms with Crippen molar-refractivity contribution < 1.29 is 0 Å². The molecule has 0 aliphatic heterocycles. The minimum absolute atomic E-state index is 0.409. The molecule has 0 saturated carbocycles. The molecule has 4 heteroatoms. The van der Waals surface area contributed by atoms with Crippen molar-refractivity contribution >= 4 is 11.8 Å². The predicted octanol–water partition coefficient (Wildman–Crippen LogP) is 3.63. The molecule has 0 aliphatic carbocycles. The SMILES string of the molecule is CCCNC(C)c1ccc(Sc2nccn2C)cc1. The van der Waals surface area contributed by atoms with Gasteiger partial charge in [0.2, 0.25) is 0 Å². The maximum atomic E-state index is 4.32. The standard InChI is InChI=1S/C15H21N3S/c1-4-9-16-12(2)13-5-7-14(8-6-13)19-15-17-10-11-18(15)3/h5-8,10-12,16H,4,9H2,1-3H3. The minimum Gasteiger partial charge on any atom is -0.329 e. The largest absolute Gasteiger partial charge is 0.329 e. The van der Waals surface area contributed by atoms with Gasteiger partial charge in [0.25, 0.3) is 0 Å². The zero-order chi connectivity index (χ0) is 13.7. The van der Waals surface area contributed by atoms with Gasteiger partial charge in [-0.25, -0.2) is 4.98 Å². The Labute approximate surface area is 119 Å². The number of imidazole rings is 1. The Morgan fingerprint density at radius 2 is 2.05 bits per heavy atom. The highest BCUT2D eigenvalue weighted by molar-refractivity contribution is 7.99. The fourth-order valence-electron chi connectivity index (χ4n) is 1.86. The molecular weight excluding hydrogens is 254 g/mol. The maximum Gasteiger partial charge on any atom is 0.172 e. The van der Waals surface area contributed by atoms with E-state index in [9.17, 15) is 0 Å². The van der Waals surface area contributed by atoms with Crippen LogP contribution in [-0.2, 0) is 7.05 Å². The summed E-state index contributed by atoms with van der Waals surface area (Å²) in [7, 11) is 2.01. The smallest absolute Gasteiger partial charge is 0.172 e. The zero-order valence-corrected chi connectivity index (χ0v) is 12.6. The molecule has 0 aliphatic rings. The first-order valence-electron chi connectivity index (χ1n) is 6.69. The third-order valence-electron chi connectivity index (χ3n) is 3.07. The molecule has 1 aromatic heterocycles. The Kier molecular flexibility index (Phi) is 5.05. The number of aromatic nitrogens is 2. The number of nitrogens with zero attached hydrogens (tertiary/aromatic N) is 2. The Morgan fingerprint density at radius 1 is 1.32 bits per heavy atom. The Balaban J connectivity index is 2.00. The second-order valence-electron chi connectivity index (χ2n) is 4.67. The molecule has 3 nitrogen and oxygen atoms in total. The Morgan fingerprint density at radius 3 is 2.63 bits per heavy atom. The molecule has 2 rings (SSSR count). The fourth-order valence-corrected chi connectivity index (χ4v) is 2.66. The van der Waals surface area contributed by atoms with Gasteiger partial charge in [0.1, 0.15) is 0 Å². The van der Waals surface area contributed by atoms with Crippen LogP contribution in [0.25, 0.3) is 0 Å². The van der Waals surface area contributed by atoms with Crippen LogP contribution in [0.4, 0.5) is 0 Å². The summed E-state index contributed by atoms with van der Waals surface area (Å²) in [6, 6.07) is 9.13. The summed E-state index contributed by atoms with van der Waals surface area (Å²) in [5, 5.41) is 4.52. The van der Waals surface area contributed by atoms with Crippen molar-refractivity contribution in [2.75, 3.05) is 6.54 Å². The topological polar surface area (TPSA) is 29.9 Å². The Bertz CT molecular complexity index is 504. The molecule has 0 radical (unpaired) electrons. The van der Waals surface area contributed by atoms with Gasteiger partial charge in [-0.3, -0.25) is 0 Å². The second kappa shape index (κ2) is 6.78. The monoisotopic (exact) mass is 275 g/mol. The van der Waals surface area contributed by atoms with Gasteiger partial charge >= 0.3 is 0 Å². The number of hydrogen-bond acceptors (Lipinski definition) is 3. The van der Waals surface area contributed by atoms with Crippen molar-refractivity contribution in [3.05, 3.63) is 42.2 Å². The average Bonchev–Trinajstić information content (AvgIpc) is 2.82. The van der Waals surface area contributed by atoms with Crippen LogP contribution >= 0.6 is 11.8 Å². The second-order valence-corrected chi connectivity index (χ2v) is 5.71. The fraction of sp³-hybridized carbons (Fsp3) is 0.400. The molecule has 0 fully saturated rings. The van der Waals surface area contributed by atoms with Gasteiger partial charge in [-0.1, -0.05) is 30.8 Å². The predicted molar refractivity (Wildman–Crippen MR) is 80.5 cm³/mol. The molecular formula is C15H21N3S. The van der Waals surface area contributed by atoms with E-state index < -0.39 is 0 Å². The lowest BCUT2D eigenvalue weighted by Crippen LogP contribution is -2.19. The Hall–Kier alpha value is -1.26. The summed E-state index contributed by atoms with van der Waals surface area (Å²) < 4.78 is 2.03. The summed E-state index contributed by atoms with van der Waals surface area (Å²) >= 11 is 1.69. The van der Waals surface area contributed by atoms with Crippen molar-refractivity contribution in [3.8, 4) is 0 Å². The molecule has 0 saturated heterocycles. The van der Waals surface area contributed by atoms with E-state index in [1.165, 1.54) is 10.5 Å². The van der Waals surface area contributed by atoms with Crippen LogP contribution in [0.3, 0.4) is 0 Å². The van der Waals surface area contributed by atoms with Crippen LogP contribution < -0.4 is 5.32 Å². The molecule has 1 heterocycles. The first kappa shape index (κ1) is 14.2. The van der Waals surface area contributed by atoms with Crippen molar-refractivity contribution in [2.45, 2.75) is 36.4 Å². The van der Waals surface area contributed by atoms with Crippen molar-refractivity contribution in [1.82, 2.24) is 14.9 Å². The highest BCUT2D eigenvalue weighted by Crippen LogP contribution is 2.26. The molecule has 1 N–H and O–H groups in total. The van der Waals surface area contributed by atoms with Crippen LogP contribution in [0.2, 0.25) is 0 Å². The van der Waals surface area contributed by atoms with Crippen molar-refractivity contribution in [2.24, 2.45) is 7.05 Å². The van der Waals surface area contributed by atoms with Crippen molar-refractivity contribution in [3.63, 3.8) is 0 Å². The quantitative estimate of drug-likeness (QED) is 0.873. The number of aryl methyl sites for hydroxylation is 1. The van der Waals surface area contributed by atoms with Crippen LogP contribution in [0.1, 0.15) is 31.9 Å². The highest BCUT2D eigenvalue weighted by Gasteiger charge is 2.06. The van der Waals surface area contributed by atoms with Crippen LogP contribution in [0.15, 0.2) is 46.7 Å². The van der Waals surface area contributed by atoms with Gasteiger partial charge in [0.05, 0.1) is 0 Å². The summed E-state index contributed by atoms with van der Waals surface area (Å²) in [5.74, 6) is 0. The van der Waals surface area contributed by atoms with E-state index in [2.05, 4.69) is 48.4 Å². The highest BCUT2D eigenvalue weighted by atomic mass is 32.2. The van der Waals surface area contributed by atoms with E-state index in [-0.39, 0.29) is 0 Å². The summed E-state index contributed by atoms with van der Waals surface area (Å²) in [5.41, 5.74) is 1.33. The van der Waals surface area contributed by atoms with Crippen LogP contribution in [-0.4, -0.2) is 16.1 Å². The van der Waals surface area contributed by atoms with E-state index in [1.807, 2.05) is 24.0 Å². The number of hydrogen-bond donors (Lipinski definition) is 1. The van der Waals surface area contributed by atoms with Gasteiger partial charge in [0.15, 0.2) is 5.16 Å². The lowest BCUT2D eigenvalue weighted by molar-refractivity contribution is 0.570. The zero-order valence-electron chi connectivity index (χ0n) is 11.8. The average molecular weight is 275 g/mol. The molecule has 102 valence electrons. The molecule has 2 aromatic rings.